The minimum Gasteiger partial charge on any atom is -0.492 e. The summed E-state index contributed by atoms with van der Waals surface area (Å²) in [6.45, 7) is 0.386. The molecule has 5 nitrogen and oxygen atoms in total. The maximum absolute atomic E-state index is 14.1. The average molecular weight is 298 g/mol. The van der Waals surface area contributed by atoms with Crippen LogP contribution in [0.2, 0.25) is 0 Å². The van der Waals surface area contributed by atoms with E-state index in [1.165, 1.54) is 12.3 Å². The topological polar surface area (TPSA) is 75.0 Å². The Morgan fingerprint density at radius 1 is 1.36 bits per heavy atom. The van der Waals surface area contributed by atoms with E-state index < -0.39 is 0 Å². The van der Waals surface area contributed by atoms with Gasteiger partial charge < -0.3 is 14.7 Å². The van der Waals surface area contributed by atoms with Gasteiger partial charge in [0.05, 0.1) is 23.2 Å². The number of carbonyl (C=O) groups excluding carboxylic acids is 1. The summed E-state index contributed by atoms with van der Waals surface area (Å²) in [6.07, 6.45) is 2.62. The molecular weight excluding hydrogens is 287 g/mol. The number of aromatic nitrogens is 2. The monoisotopic (exact) mass is 298 g/mol. The summed E-state index contributed by atoms with van der Waals surface area (Å²) in [5, 5.41) is 0.577. The van der Waals surface area contributed by atoms with Crippen LogP contribution in [0.5, 0.6) is 5.75 Å². The van der Waals surface area contributed by atoms with E-state index in [0.717, 1.165) is 0 Å². The van der Waals surface area contributed by atoms with Gasteiger partial charge >= 0.3 is 0 Å². The fourth-order valence-electron chi connectivity index (χ4n) is 2.99. The fourth-order valence-corrected chi connectivity index (χ4v) is 2.99. The molecule has 6 heteroatoms. The van der Waals surface area contributed by atoms with E-state index in [4.69, 9.17) is 4.74 Å². The van der Waals surface area contributed by atoms with Crippen LogP contribution >= 0.6 is 0 Å². The Balaban J connectivity index is 2.18. The van der Waals surface area contributed by atoms with E-state index in [1.807, 2.05) is 0 Å². The van der Waals surface area contributed by atoms with Gasteiger partial charge in [0.25, 0.3) is 5.56 Å². The standard InChI is InChI=1S/C16H11FN2O3/c17-10-6-11-14(15-8(10)3-5-22-15)13(12(7-20)19-11)9-2-1-4-18-16(9)21/h1-2,4,6-7,19H,3,5H2,(H,18,21). The second-order valence-electron chi connectivity index (χ2n) is 5.13. The molecule has 0 atom stereocenters. The van der Waals surface area contributed by atoms with Gasteiger partial charge in [-0.3, -0.25) is 9.59 Å². The van der Waals surface area contributed by atoms with Crippen LogP contribution in [-0.4, -0.2) is 22.9 Å². The maximum atomic E-state index is 14.1. The molecule has 0 saturated heterocycles. The highest BCUT2D eigenvalue weighted by Gasteiger charge is 2.26. The highest BCUT2D eigenvalue weighted by Crippen LogP contribution is 2.42. The quantitative estimate of drug-likeness (QED) is 0.713. The summed E-state index contributed by atoms with van der Waals surface area (Å²) in [5.41, 5.74) is 1.64. The Bertz CT molecular complexity index is 971. The van der Waals surface area contributed by atoms with Gasteiger partial charge in [0.15, 0.2) is 6.29 Å². The van der Waals surface area contributed by atoms with Crippen LogP contribution in [0.1, 0.15) is 16.1 Å². The molecule has 0 spiro atoms. The van der Waals surface area contributed by atoms with Crippen LogP contribution in [0.3, 0.4) is 0 Å². The molecule has 0 radical (unpaired) electrons. The normalized spacial score (nSPS) is 13.1. The molecular formula is C16H11FN2O3. The molecule has 0 fully saturated rings. The highest BCUT2D eigenvalue weighted by atomic mass is 19.1. The van der Waals surface area contributed by atoms with E-state index in [2.05, 4.69) is 9.97 Å². The number of hydrogen-bond donors (Lipinski definition) is 2. The number of benzene rings is 1. The van der Waals surface area contributed by atoms with Crippen LogP contribution in [0.25, 0.3) is 22.0 Å². The van der Waals surface area contributed by atoms with Crippen molar-refractivity contribution in [3.05, 3.63) is 51.8 Å². The van der Waals surface area contributed by atoms with E-state index >= 15 is 0 Å². The van der Waals surface area contributed by atoms with Crippen LogP contribution < -0.4 is 10.3 Å². The molecule has 0 saturated carbocycles. The fraction of sp³-hybridized carbons (Fsp3) is 0.125. The van der Waals surface area contributed by atoms with Crippen molar-refractivity contribution in [2.75, 3.05) is 6.61 Å². The maximum Gasteiger partial charge on any atom is 0.255 e. The third-order valence-corrected chi connectivity index (χ3v) is 3.92. The van der Waals surface area contributed by atoms with Crippen LogP contribution in [0.15, 0.2) is 29.2 Å². The van der Waals surface area contributed by atoms with E-state index in [1.54, 1.807) is 12.1 Å². The van der Waals surface area contributed by atoms with Gasteiger partial charge in [-0.05, 0) is 18.2 Å². The first-order valence-electron chi connectivity index (χ1n) is 6.84. The number of hydrogen-bond acceptors (Lipinski definition) is 3. The molecule has 0 unspecified atom stereocenters. The Morgan fingerprint density at radius 2 is 2.23 bits per heavy atom. The largest absolute Gasteiger partial charge is 0.492 e. The summed E-state index contributed by atoms with van der Waals surface area (Å²) in [4.78, 5) is 28.9. The number of aldehydes is 1. The van der Waals surface area contributed by atoms with Gasteiger partial charge in [0.1, 0.15) is 11.6 Å². The predicted molar refractivity (Wildman–Crippen MR) is 78.9 cm³/mol. The van der Waals surface area contributed by atoms with Gasteiger partial charge in [0.2, 0.25) is 0 Å². The molecule has 1 aromatic carbocycles. The Kier molecular flexibility index (Phi) is 2.66. The number of nitrogens with one attached hydrogen (secondary N) is 2. The number of rotatable bonds is 2. The predicted octanol–water partition coefficient (Wildman–Crippen LogP) is 2.41. The van der Waals surface area contributed by atoms with Gasteiger partial charge in [-0.1, -0.05) is 0 Å². The van der Waals surface area contributed by atoms with Crippen molar-refractivity contribution in [3.8, 4) is 16.9 Å². The number of H-pyrrole nitrogens is 2. The number of halogens is 1. The molecule has 0 bridgehead atoms. The zero-order valence-corrected chi connectivity index (χ0v) is 11.4. The number of pyridine rings is 1. The number of ether oxygens (including phenoxy) is 1. The molecule has 0 amide bonds. The molecule has 0 aliphatic carbocycles. The molecule has 1 aliphatic rings. The van der Waals surface area contributed by atoms with E-state index in [9.17, 15) is 14.0 Å². The SMILES string of the molecule is O=Cc1[nH]c2cc(F)c3c(c2c1-c1ccc[nH]c1=O)OCC3. The summed E-state index contributed by atoms with van der Waals surface area (Å²) in [5.74, 6) is 0.0461. The first kappa shape index (κ1) is 12.8. The molecule has 3 heterocycles. The van der Waals surface area contributed by atoms with Crippen molar-refractivity contribution in [1.82, 2.24) is 9.97 Å². The lowest BCUT2D eigenvalue weighted by Gasteiger charge is -2.06. The van der Waals surface area contributed by atoms with Gasteiger partial charge in [-0.2, -0.15) is 0 Å². The third kappa shape index (κ3) is 1.64. The van der Waals surface area contributed by atoms with Crippen LogP contribution in [0, 0.1) is 5.82 Å². The third-order valence-electron chi connectivity index (χ3n) is 3.92. The van der Waals surface area contributed by atoms with Gasteiger partial charge in [0, 0.05) is 29.3 Å². The molecule has 22 heavy (non-hydrogen) atoms. The first-order chi connectivity index (χ1) is 10.7. The Morgan fingerprint density at radius 3 is 3.00 bits per heavy atom. The molecule has 2 N–H and O–H groups in total. The number of carbonyl (C=O) groups is 1. The average Bonchev–Trinajstić information content (AvgIpc) is 3.12. The van der Waals surface area contributed by atoms with Crippen LogP contribution in [0.4, 0.5) is 4.39 Å². The zero-order chi connectivity index (χ0) is 15.3. The van der Waals surface area contributed by atoms with E-state index in [-0.39, 0.29) is 17.1 Å². The van der Waals surface area contributed by atoms with Crippen molar-refractivity contribution >= 4 is 17.2 Å². The smallest absolute Gasteiger partial charge is 0.255 e. The van der Waals surface area contributed by atoms with Crippen molar-refractivity contribution < 1.29 is 13.9 Å². The van der Waals surface area contributed by atoms with Crippen LogP contribution in [-0.2, 0) is 6.42 Å². The molecule has 1 aliphatic heterocycles. The minimum atomic E-state index is -0.368. The summed E-state index contributed by atoms with van der Waals surface area (Å²) in [6, 6.07) is 4.64. The second kappa shape index (κ2) is 4.56. The zero-order valence-electron chi connectivity index (χ0n) is 11.4. The molecule has 110 valence electrons. The number of fused-ring (bicyclic) bond motifs is 3. The minimum absolute atomic E-state index is 0.231. The second-order valence-corrected chi connectivity index (χ2v) is 5.13. The van der Waals surface area contributed by atoms with Crippen molar-refractivity contribution in [2.24, 2.45) is 0 Å². The number of aromatic amines is 2. The summed E-state index contributed by atoms with van der Waals surface area (Å²) >= 11 is 0. The lowest BCUT2D eigenvalue weighted by Crippen LogP contribution is -2.07. The summed E-state index contributed by atoms with van der Waals surface area (Å²) in [7, 11) is 0. The summed E-state index contributed by atoms with van der Waals surface area (Å²) < 4.78 is 19.7. The van der Waals surface area contributed by atoms with Gasteiger partial charge in [-0.25, -0.2) is 4.39 Å². The first-order valence-corrected chi connectivity index (χ1v) is 6.84. The van der Waals surface area contributed by atoms with Gasteiger partial charge in [-0.15, -0.1) is 0 Å². The van der Waals surface area contributed by atoms with E-state index in [0.29, 0.717) is 52.7 Å². The lowest BCUT2D eigenvalue weighted by molar-refractivity contribution is 0.112. The Hall–Kier alpha value is -2.89. The lowest BCUT2D eigenvalue weighted by atomic mass is 10.0. The molecule has 3 aromatic rings. The van der Waals surface area contributed by atoms with Crippen molar-refractivity contribution in [2.45, 2.75) is 6.42 Å². The van der Waals surface area contributed by atoms with Crippen molar-refractivity contribution in [3.63, 3.8) is 0 Å². The molecule has 4 rings (SSSR count). The molecule has 2 aromatic heterocycles. The Labute approximate surface area is 123 Å². The van der Waals surface area contributed by atoms with Crippen molar-refractivity contribution in [1.29, 1.82) is 0 Å². The highest BCUT2D eigenvalue weighted by molar-refractivity contribution is 6.07.